The van der Waals surface area contributed by atoms with Crippen LogP contribution in [0.4, 0.5) is 5.13 Å². The number of aromatic nitrogens is 2. The summed E-state index contributed by atoms with van der Waals surface area (Å²) >= 11 is 2.84. The number of hydrogen-bond donors (Lipinski definition) is 1. The van der Waals surface area contributed by atoms with Gasteiger partial charge in [-0.3, -0.25) is 10.1 Å². The number of morpholine rings is 1. The molecule has 1 fully saturated rings. The first-order chi connectivity index (χ1) is 15.0. The smallest absolute Gasteiger partial charge is 0.257 e. The van der Waals surface area contributed by atoms with E-state index in [4.69, 9.17) is 4.74 Å². The number of nitrogens with zero attached hydrogens (tertiary/aromatic N) is 3. The molecule has 0 bridgehead atoms. The minimum atomic E-state index is -3.59. The Bertz CT molecular complexity index is 1140. The lowest BCUT2D eigenvalue weighted by Crippen LogP contribution is -2.40. The lowest BCUT2D eigenvalue weighted by atomic mass is 10.2. The summed E-state index contributed by atoms with van der Waals surface area (Å²) in [4.78, 5) is 12.7. The van der Waals surface area contributed by atoms with E-state index in [1.165, 1.54) is 45.5 Å². The molecule has 8 nitrogen and oxygen atoms in total. The van der Waals surface area contributed by atoms with Gasteiger partial charge in [0, 0.05) is 24.4 Å². The van der Waals surface area contributed by atoms with Crippen molar-refractivity contribution < 1.29 is 17.9 Å². The second kappa shape index (κ2) is 11.2. The third-order valence-corrected chi connectivity index (χ3v) is 8.51. The number of thioether (sulfide) groups is 1. The molecule has 1 saturated heterocycles. The molecule has 0 unspecified atom stereocenters. The van der Waals surface area contributed by atoms with Crippen molar-refractivity contribution in [2.45, 2.75) is 15.0 Å². The van der Waals surface area contributed by atoms with Crippen LogP contribution in [-0.4, -0.2) is 55.1 Å². The first-order valence-electron chi connectivity index (χ1n) is 9.52. The Balaban J connectivity index is 0.00000289. The second-order valence-corrected chi connectivity index (χ2v) is 10.8. The number of benzene rings is 2. The number of hydrogen-bond acceptors (Lipinski definition) is 8. The van der Waals surface area contributed by atoms with Gasteiger partial charge >= 0.3 is 0 Å². The van der Waals surface area contributed by atoms with Gasteiger partial charge in [-0.05, 0) is 29.8 Å². The van der Waals surface area contributed by atoms with E-state index in [2.05, 4.69) is 15.5 Å². The van der Waals surface area contributed by atoms with Crippen molar-refractivity contribution in [1.29, 1.82) is 0 Å². The summed E-state index contributed by atoms with van der Waals surface area (Å²) in [5.41, 5.74) is 1.52. The van der Waals surface area contributed by atoms with E-state index in [9.17, 15) is 13.2 Å². The molecule has 170 valence electrons. The fraction of sp³-hybridized carbons (Fsp3) is 0.250. The number of amides is 1. The quantitative estimate of drug-likeness (QED) is 0.381. The highest BCUT2D eigenvalue weighted by Crippen LogP contribution is 2.28. The SMILES string of the molecule is Cl.O=C(Nc1nnc(SCc2ccccc2)s1)c1ccc(S(=O)(=O)N2CCOCC2)cc1. The summed E-state index contributed by atoms with van der Waals surface area (Å²) < 4.78 is 32.7. The van der Waals surface area contributed by atoms with Gasteiger partial charge in [-0.1, -0.05) is 53.4 Å². The monoisotopic (exact) mass is 512 g/mol. The molecule has 0 atom stereocenters. The molecule has 1 N–H and O–H groups in total. The third kappa shape index (κ3) is 6.06. The minimum absolute atomic E-state index is 0. The Labute approximate surface area is 200 Å². The lowest BCUT2D eigenvalue weighted by molar-refractivity contribution is 0.0730. The van der Waals surface area contributed by atoms with E-state index in [0.29, 0.717) is 37.0 Å². The average Bonchev–Trinajstić information content (AvgIpc) is 3.26. The predicted octanol–water partition coefficient (Wildman–Crippen LogP) is 3.53. The summed E-state index contributed by atoms with van der Waals surface area (Å²) in [6, 6.07) is 15.9. The molecule has 1 aromatic heterocycles. The minimum Gasteiger partial charge on any atom is -0.379 e. The zero-order valence-electron chi connectivity index (χ0n) is 16.8. The van der Waals surface area contributed by atoms with E-state index in [1.54, 1.807) is 11.8 Å². The Morgan fingerprint density at radius 2 is 1.75 bits per heavy atom. The van der Waals surface area contributed by atoms with Crippen LogP contribution in [0, 0.1) is 0 Å². The number of rotatable bonds is 7. The molecule has 12 heteroatoms. The largest absolute Gasteiger partial charge is 0.379 e. The van der Waals surface area contributed by atoms with E-state index >= 15 is 0 Å². The van der Waals surface area contributed by atoms with Crippen molar-refractivity contribution >= 4 is 56.6 Å². The zero-order chi connectivity index (χ0) is 21.7. The van der Waals surface area contributed by atoms with E-state index in [-0.39, 0.29) is 23.2 Å². The van der Waals surface area contributed by atoms with Gasteiger partial charge in [0.05, 0.1) is 18.1 Å². The molecular formula is C20H21ClN4O4S3. The lowest BCUT2D eigenvalue weighted by Gasteiger charge is -2.26. The number of nitrogens with one attached hydrogen (secondary N) is 1. The van der Waals surface area contributed by atoms with Gasteiger partial charge in [-0.2, -0.15) is 4.31 Å². The molecule has 4 rings (SSSR count). The van der Waals surface area contributed by atoms with Gasteiger partial charge in [0.1, 0.15) is 0 Å². The summed E-state index contributed by atoms with van der Waals surface area (Å²) in [7, 11) is -3.59. The van der Waals surface area contributed by atoms with Crippen LogP contribution >= 0.6 is 35.5 Å². The maximum Gasteiger partial charge on any atom is 0.257 e. The highest BCUT2D eigenvalue weighted by Gasteiger charge is 2.26. The van der Waals surface area contributed by atoms with Gasteiger partial charge in [-0.15, -0.1) is 22.6 Å². The van der Waals surface area contributed by atoms with Gasteiger partial charge in [-0.25, -0.2) is 8.42 Å². The fourth-order valence-corrected chi connectivity index (χ4v) is 6.03. The Morgan fingerprint density at radius 3 is 2.44 bits per heavy atom. The molecule has 1 aliphatic rings. The topological polar surface area (TPSA) is 101 Å². The molecule has 2 heterocycles. The van der Waals surface area contributed by atoms with Gasteiger partial charge < -0.3 is 4.74 Å². The fourth-order valence-electron chi connectivity index (χ4n) is 2.92. The van der Waals surface area contributed by atoms with Gasteiger partial charge in [0.2, 0.25) is 15.2 Å². The second-order valence-electron chi connectivity index (χ2n) is 6.64. The standard InChI is InChI=1S/C20H20N4O4S3.ClH/c25-18(21-19-22-23-20(30-19)29-14-15-4-2-1-3-5-15)16-6-8-17(9-7-16)31(26,27)24-10-12-28-13-11-24;/h1-9H,10-14H2,(H,21,22,25);1H. The van der Waals surface area contributed by atoms with Crippen LogP contribution in [0.15, 0.2) is 63.8 Å². The number of anilines is 1. The zero-order valence-corrected chi connectivity index (χ0v) is 20.1. The number of sulfonamides is 1. The number of ether oxygens (including phenoxy) is 1. The molecular weight excluding hydrogens is 492 g/mol. The highest BCUT2D eigenvalue weighted by atomic mass is 35.5. The Morgan fingerprint density at radius 1 is 1.06 bits per heavy atom. The van der Waals surface area contributed by atoms with Crippen molar-refractivity contribution in [3.63, 3.8) is 0 Å². The van der Waals surface area contributed by atoms with Crippen LogP contribution in [0.3, 0.4) is 0 Å². The Hall–Kier alpha value is -2.02. The van der Waals surface area contributed by atoms with Crippen LogP contribution in [0.5, 0.6) is 0 Å². The number of carbonyl (C=O) groups is 1. The van der Waals surface area contributed by atoms with Gasteiger partial charge in [0.25, 0.3) is 5.91 Å². The van der Waals surface area contributed by atoms with Crippen LogP contribution in [0.1, 0.15) is 15.9 Å². The summed E-state index contributed by atoms with van der Waals surface area (Å²) in [6.45, 7) is 1.42. The van der Waals surface area contributed by atoms with Crippen LogP contribution in [0.2, 0.25) is 0 Å². The third-order valence-electron chi connectivity index (χ3n) is 4.56. The normalized spacial score (nSPS) is 14.5. The number of halogens is 1. The maximum absolute atomic E-state index is 12.7. The molecule has 1 aliphatic heterocycles. The highest BCUT2D eigenvalue weighted by molar-refractivity contribution is 8.00. The molecule has 0 aliphatic carbocycles. The van der Waals surface area contributed by atoms with Crippen molar-refractivity contribution in [3.8, 4) is 0 Å². The van der Waals surface area contributed by atoms with Crippen LogP contribution in [-0.2, 0) is 20.5 Å². The van der Waals surface area contributed by atoms with Crippen molar-refractivity contribution in [3.05, 3.63) is 65.7 Å². The predicted molar refractivity (Wildman–Crippen MR) is 127 cm³/mol. The molecule has 0 saturated carbocycles. The van der Waals surface area contributed by atoms with E-state index < -0.39 is 10.0 Å². The summed E-state index contributed by atoms with van der Waals surface area (Å²) in [5.74, 6) is 0.397. The molecule has 32 heavy (non-hydrogen) atoms. The van der Waals surface area contributed by atoms with Crippen LogP contribution in [0.25, 0.3) is 0 Å². The summed E-state index contributed by atoms with van der Waals surface area (Å²) in [6.07, 6.45) is 0. The van der Waals surface area contributed by atoms with E-state index in [0.717, 1.165) is 10.1 Å². The first-order valence-corrected chi connectivity index (χ1v) is 12.8. The molecule has 1 amide bonds. The molecule has 0 radical (unpaired) electrons. The maximum atomic E-state index is 12.7. The van der Waals surface area contributed by atoms with Crippen molar-refractivity contribution in [2.75, 3.05) is 31.6 Å². The first kappa shape index (κ1) is 24.6. The molecule has 0 spiro atoms. The summed E-state index contributed by atoms with van der Waals surface area (Å²) in [5, 5.41) is 11.2. The van der Waals surface area contributed by atoms with Gasteiger partial charge in [0.15, 0.2) is 4.34 Å². The van der Waals surface area contributed by atoms with Crippen LogP contribution < -0.4 is 5.32 Å². The average molecular weight is 513 g/mol. The Kier molecular flexibility index (Phi) is 8.63. The number of carbonyl (C=O) groups excluding carboxylic acids is 1. The molecule has 2 aromatic carbocycles. The molecule has 3 aromatic rings. The van der Waals surface area contributed by atoms with Crippen molar-refractivity contribution in [1.82, 2.24) is 14.5 Å². The van der Waals surface area contributed by atoms with Crippen molar-refractivity contribution in [2.24, 2.45) is 0 Å². The van der Waals surface area contributed by atoms with E-state index in [1.807, 2.05) is 30.3 Å².